The number of rotatable bonds is 6. The molecule has 8 heteroatoms. The van der Waals surface area contributed by atoms with E-state index in [0.717, 1.165) is 38.8 Å². The Balaban J connectivity index is 1.69. The third-order valence-corrected chi connectivity index (χ3v) is 7.27. The quantitative estimate of drug-likeness (QED) is 0.358. The smallest absolute Gasteiger partial charge is 0.224 e. The lowest BCUT2D eigenvalue weighted by molar-refractivity contribution is -0.124. The zero-order valence-electron chi connectivity index (χ0n) is 19.4. The summed E-state index contributed by atoms with van der Waals surface area (Å²) in [5, 5.41) is 14.8. The molecule has 0 spiro atoms. The minimum absolute atomic E-state index is 0.0192. The molecular weight excluding hydrogens is 378 g/mol. The summed E-state index contributed by atoms with van der Waals surface area (Å²) in [5.41, 5.74) is 12.1. The zero-order chi connectivity index (χ0) is 21.8. The first-order chi connectivity index (χ1) is 14.2. The van der Waals surface area contributed by atoms with Crippen LogP contribution in [0.2, 0.25) is 0 Å². The fourth-order valence-corrected chi connectivity index (χ4v) is 5.24. The van der Waals surface area contributed by atoms with Gasteiger partial charge in [0.25, 0.3) is 0 Å². The Hall–Kier alpha value is -0.770. The van der Waals surface area contributed by atoms with Gasteiger partial charge in [-0.1, -0.05) is 34.1 Å². The normalized spacial score (nSPS) is 39.2. The van der Waals surface area contributed by atoms with Crippen LogP contribution in [0.5, 0.6) is 0 Å². The monoisotopic (exact) mass is 423 g/mol. The predicted octanol–water partition coefficient (Wildman–Crippen LogP) is 0.0944. The van der Waals surface area contributed by atoms with Crippen LogP contribution in [0, 0.1) is 17.8 Å². The van der Waals surface area contributed by atoms with E-state index in [4.69, 9.17) is 11.5 Å². The van der Waals surface area contributed by atoms with Gasteiger partial charge in [-0.05, 0) is 37.5 Å². The zero-order valence-corrected chi connectivity index (χ0v) is 19.4. The summed E-state index contributed by atoms with van der Waals surface area (Å²) in [7, 11) is 0. The predicted molar refractivity (Wildman–Crippen MR) is 121 cm³/mol. The minimum Gasteiger partial charge on any atom is -0.369 e. The van der Waals surface area contributed by atoms with E-state index in [9.17, 15) is 4.79 Å². The fourth-order valence-electron chi connectivity index (χ4n) is 5.24. The average Bonchev–Trinajstić information content (AvgIpc) is 2.91. The lowest BCUT2D eigenvalue weighted by Gasteiger charge is -2.46. The molecule has 0 aliphatic carbocycles. The van der Waals surface area contributed by atoms with Gasteiger partial charge in [-0.3, -0.25) is 25.6 Å². The van der Waals surface area contributed by atoms with Crippen LogP contribution in [-0.4, -0.2) is 67.1 Å². The van der Waals surface area contributed by atoms with E-state index in [-0.39, 0.29) is 30.3 Å². The largest absolute Gasteiger partial charge is 0.369 e. The van der Waals surface area contributed by atoms with Crippen molar-refractivity contribution < 1.29 is 4.79 Å². The molecule has 0 aromatic rings. The van der Waals surface area contributed by atoms with Crippen LogP contribution >= 0.6 is 0 Å². The molecule has 0 saturated carbocycles. The summed E-state index contributed by atoms with van der Waals surface area (Å²) in [6, 6.07) is 1.53. The number of piperidine rings is 1. The van der Waals surface area contributed by atoms with Crippen LogP contribution in [0.1, 0.15) is 59.8 Å². The second kappa shape index (κ2) is 10.7. The lowest BCUT2D eigenvalue weighted by atomic mass is 9.83. The molecule has 8 N–H and O–H groups in total. The first-order valence-corrected chi connectivity index (χ1v) is 12.0. The Morgan fingerprint density at radius 3 is 2.33 bits per heavy atom. The second-order valence-corrected chi connectivity index (χ2v) is 10.4. The van der Waals surface area contributed by atoms with Crippen molar-refractivity contribution in [3.05, 3.63) is 0 Å². The van der Waals surface area contributed by atoms with Gasteiger partial charge in [-0.2, -0.15) is 0 Å². The molecule has 0 bridgehead atoms. The first-order valence-electron chi connectivity index (χ1n) is 12.0. The van der Waals surface area contributed by atoms with E-state index in [2.05, 4.69) is 53.9 Å². The van der Waals surface area contributed by atoms with Gasteiger partial charge in [0.05, 0.1) is 12.1 Å². The number of amides is 1. The van der Waals surface area contributed by atoms with Crippen LogP contribution in [0.15, 0.2) is 0 Å². The molecule has 174 valence electrons. The molecule has 3 rings (SSSR count). The van der Waals surface area contributed by atoms with Gasteiger partial charge in [0.1, 0.15) is 6.29 Å². The number of nitrogens with one attached hydrogen (secondary N) is 4. The van der Waals surface area contributed by atoms with Crippen molar-refractivity contribution in [2.24, 2.45) is 29.2 Å². The van der Waals surface area contributed by atoms with Crippen molar-refractivity contribution in [2.75, 3.05) is 19.6 Å². The van der Waals surface area contributed by atoms with Crippen molar-refractivity contribution in [2.45, 2.75) is 96.4 Å². The molecule has 0 aromatic carbocycles. The van der Waals surface area contributed by atoms with Crippen LogP contribution in [0.25, 0.3) is 0 Å². The Kier molecular flexibility index (Phi) is 8.52. The highest BCUT2D eigenvalue weighted by molar-refractivity contribution is 5.77. The molecule has 3 saturated heterocycles. The van der Waals surface area contributed by atoms with E-state index < -0.39 is 0 Å². The molecule has 0 radical (unpaired) electrons. The molecule has 1 amide bonds. The van der Waals surface area contributed by atoms with Crippen molar-refractivity contribution in [3.63, 3.8) is 0 Å². The Morgan fingerprint density at radius 1 is 1.07 bits per heavy atom. The third kappa shape index (κ3) is 6.14. The Morgan fingerprint density at radius 2 is 1.73 bits per heavy atom. The topological polar surface area (TPSA) is 120 Å². The summed E-state index contributed by atoms with van der Waals surface area (Å²) < 4.78 is 0. The van der Waals surface area contributed by atoms with Crippen molar-refractivity contribution in [3.8, 4) is 0 Å². The second-order valence-electron chi connectivity index (χ2n) is 10.4. The molecular formula is C22H45N7O. The van der Waals surface area contributed by atoms with Crippen molar-refractivity contribution in [1.82, 2.24) is 26.2 Å². The van der Waals surface area contributed by atoms with E-state index in [0.29, 0.717) is 36.5 Å². The summed E-state index contributed by atoms with van der Waals surface area (Å²) in [5.74, 6) is 0.630. The van der Waals surface area contributed by atoms with Crippen LogP contribution in [0.3, 0.4) is 0 Å². The van der Waals surface area contributed by atoms with E-state index in [1.165, 1.54) is 6.42 Å². The third-order valence-electron chi connectivity index (χ3n) is 7.27. The lowest BCUT2D eigenvalue weighted by Crippen LogP contribution is -2.72. The van der Waals surface area contributed by atoms with Gasteiger partial charge in [-0.15, -0.1) is 0 Å². The maximum absolute atomic E-state index is 12.2. The highest BCUT2D eigenvalue weighted by atomic mass is 16.1. The highest BCUT2D eigenvalue weighted by Crippen LogP contribution is 2.24. The van der Waals surface area contributed by atoms with Crippen LogP contribution < -0.4 is 32.7 Å². The van der Waals surface area contributed by atoms with Gasteiger partial charge < -0.3 is 16.8 Å². The molecule has 3 heterocycles. The maximum Gasteiger partial charge on any atom is 0.224 e. The number of hydrogen-bond donors (Lipinski definition) is 6. The summed E-state index contributed by atoms with van der Waals surface area (Å²) in [4.78, 5) is 14.6. The van der Waals surface area contributed by atoms with Crippen LogP contribution in [0.4, 0.5) is 0 Å². The van der Waals surface area contributed by atoms with Crippen LogP contribution in [-0.2, 0) is 4.79 Å². The molecule has 3 fully saturated rings. The minimum atomic E-state index is -0.271. The Labute approximate surface area is 182 Å². The average molecular weight is 424 g/mol. The molecule has 8 nitrogen and oxygen atoms in total. The molecule has 5 unspecified atom stereocenters. The van der Waals surface area contributed by atoms with E-state index >= 15 is 0 Å². The number of carbonyl (C=O) groups is 1. The molecule has 30 heavy (non-hydrogen) atoms. The standard InChI is InChI=1S/C22H45N7O/c1-13(2)18-9-16(10-19(27-18)14(3)4)26-21-17(20(24)30)11-25-22(28-21)29-8-6-5-7-15(23)12-29/h13-19,21-22,25-28H,5-12,23H2,1-4H3,(H2,24,30)/t15-,16?,17?,18?,19?,21?,22?/m1/s1. The van der Waals surface area contributed by atoms with Gasteiger partial charge in [-0.25, -0.2) is 0 Å². The fraction of sp³-hybridized carbons (Fsp3) is 0.955. The van der Waals surface area contributed by atoms with Crippen molar-refractivity contribution >= 4 is 5.91 Å². The number of primary amides is 1. The van der Waals surface area contributed by atoms with Gasteiger partial charge in [0, 0.05) is 43.8 Å². The number of carbonyl (C=O) groups excluding carboxylic acids is 1. The van der Waals surface area contributed by atoms with Crippen molar-refractivity contribution in [1.29, 1.82) is 0 Å². The number of likely N-dealkylation sites (tertiary alicyclic amines) is 1. The molecule has 0 aromatic heterocycles. The van der Waals surface area contributed by atoms with Gasteiger partial charge in [0.15, 0.2) is 0 Å². The Bertz CT molecular complexity index is 542. The SMILES string of the molecule is CC(C)C1CC(NC2NC(N3CCCC[C@@H](N)C3)NCC2C(N)=O)CC(C(C)C)N1. The summed E-state index contributed by atoms with van der Waals surface area (Å²) >= 11 is 0. The number of nitrogens with two attached hydrogens (primary N) is 2. The van der Waals surface area contributed by atoms with E-state index in [1.807, 2.05) is 0 Å². The summed E-state index contributed by atoms with van der Waals surface area (Å²) in [6.07, 6.45) is 5.44. The van der Waals surface area contributed by atoms with E-state index in [1.54, 1.807) is 0 Å². The summed E-state index contributed by atoms with van der Waals surface area (Å²) in [6.45, 7) is 11.6. The van der Waals surface area contributed by atoms with Gasteiger partial charge >= 0.3 is 0 Å². The van der Waals surface area contributed by atoms with Gasteiger partial charge in [0.2, 0.25) is 5.91 Å². The molecule has 3 aliphatic rings. The number of hydrogen-bond acceptors (Lipinski definition) is 7. The highest BCUT2D eigenvalue weighted by Gasteiger charge is 2.39. The molecule has 3 aliphatic heterocycles. The number of nitrogens with zero attached hydrogens (tertiary/aromatic N) is 1. The molecule has 6 atom stereocenters. The first kappa shape index (κ1) is 23.9. The maximum atomic E-state index is 12.2.